The first-order valence-electron chi connectivity index (χ1n) is 6.09. The topological polar surface area (TPSA) is 99.3 Å². The van der Waals surface area contributed by atoms with Gasteiger partial charge in [0.15, 0.2) is 5.75 Å². The SMILES string of the molecule is COc1ccc(C(=O)NCc2cnn(C)c2)cc1[N+](=O)[O-]. The van der Waals surface area contributed by atoms with Crippen LogP contribution < -0.4 is 10.1 Å². The number of carbonyl (C=O) groups is 1. The first-order valence-corrected chi connectivity index (χ1v) is 6.09. The van der Waals surface area contributed by atoms with E-state index >= 15 is 0 Å². The van der Waals surface area contributed by atoms with Crippen LogP contribution in [0.5, 0.6) is 5.75 Å². The number of nitrogens with one attached hydrogen (secondary N) is 1. The zero-order chi connectivity index (χ0) is 15.4. The molecule has 0 saturated heterocycles. The van der Waals surface area contributed by atoms with Gasteiger partial charge < -0.3 is 10.1 Å². The molecule has 2 aromatic rings. The number of amides is 1. The van der Waals surface area contributed by atoms with Crippen LogP contribution in [0.15, 0.2) is 30.6 Å². The molecule has 0 bridgehead atoms. The van der Waals surface area contributed by atoms with Gasteiger partial charge in [0.05, 0.1) is 18.2 Å². The molecule has 1 aromatic carbocycles. The Morgan fingerprint density at radius 2 is 2.29 bits per heavy atom. The van der Waals surface area contributed by atoms with Crippen LogP contribution in [0, 0.1) is 10.1 Å². The first kappa shape index (κ1) is 14.5. The van der Waals surface area contributed by atoms with Crippen LogP contribution in [0.4, 0.5) is 5.69 Å². The predicted molar refractivity (Wildman–Crippen MR) is 74.0 cm³/mol. The van der Waals surface area contributed by atoms with Gasteiger partial charge in [-0.1, -0.05) is 0 Å². The Balaban J connectivity index is 2.12. The third kappa shape index (κ3) is 3.35. The number of methoxy groups -OCH3 is 1. The highest BCUT2D eigenvalue weighted by atomic mass is 16.6. The van der Waals surface area contributed by atoms with E-state index in [4.69, 9.17) is 4.74 Å². The molecule has 8 nitrogen and oxygen atoms in total. The van der Waals surface area contributed by atoms with Crippen LogP contribution in [0.3, 0.4) is 0 Å². The number of nitro groups is 1. The molecule has 0 saturated carbocycles. The van der Waals surface area contributed by atoms with Crippen molar-refractivity contribution in [2.75, 3.05) is 7.11 Å². The van der Waals surface area contributed by atoms with Crippen molar-refractivity contribution in [3.05, 3.63) is 51.8 Å². The van der Waals surface area contributed by atoms with E-state index in [0.29, 0.717) is 6.54 Å². The highest BCUT2D eigenvalue weighted by Crippen LogP contribution is 2.27. The smallest absolute Gasteiger partial charge is 0.311 e. The van der Waals surface area contributed by atoms with Crippen LogP contribution in [0.2, 0.25) is 0 Å². The lowest BCUT2D eigenvalue weighted by Gasteiger charge is -2.06. The standard InChI is InChI=1S/C13H14N4O4/c1-16-8-9(7-15-16)6-14-13(18)10-3-4-12(21-2)11(5-10)17(19)20/h3-5,7-8H,6H2,1-2H3,(H,14,18). The highest BCUT2D eigenvalue weighted by Gasteiger charge is 2.18. The second-order valence-corrected chi connectivity index (χ2v) is 4.35. The summed E-state index contributed by atoms with van der Waals surface area (Å²) in [5, 5.41) is 17.6. The van der Waals surface area contributed by atoms with Gasteiger partial charge in [0.25, 0.3) is 5.91 Å². The molecule has 0 aliphatic heterocycles. The van der Waals surface area contributed by atoms with Crippen LogP contribution in [-0.2, 0) is 13.6 Å². The molecule has 0 spiro atoms. The summed E-state index contributed by atoms with van der Waals surface area (Å²) in [6, 6.07) is 4.07. The second kappa shape index (κ2) is 6.04. The van der Waals surface area contributed by atoms with Gasteiger partial charge in [-0.15, -0.1) is 0 Å². The van der Waals surface area contributed by atoms with Crippen molar-refractivity contribution in [2.45, 2.75) is 6.54 Å². The molecule has 0 fully saturated rings. The molecule has 1 aromatic heterocycles. The number of aryl methyl sites for hydroxylation is 1. The molecular weight excluding hydrogens is 276 g/mol. The summed E-state index contributed by atoms with van der Waals surface area (Å²) in [6.45, 7) is 0.298. The van der Waals surface area contributed by atoms with Gasteiger partial charge in [-0.05, 0) is 12.1 Å². The Kier molecular flexibility index (Phi) is 4.17. The predicted octanol–water partition coefficient (Wildman–Crippen LogP) is 1.27. The third-order valence-electron chi connectivity index (χ3n) is 2.85. The van der Waals surface area contributed by atoms with Crippen molar-refractivity contribution in [1.29, 1.82) is 0 Å². The molecule has 8 heteroatoms. The number of rotatable bonds is 5. The lowest BCUT2D eigenvalue weighted by atomic mass is 10.1. The van der Waals surface area contributed by atoms with Crippen molar-refractivity contribution >= 4 is 11.6 Å². The average Bonchev–Trinajstić information content (AvgIpc) is 2.89. The fraction of sp³-hybridized carbons (Fsp3) is 0.231. The lowest BCUT2D eigenvalue weighted by Crippen LogP contribution is -2.22. The average molecular weight is 290 g/mol. The van der Waals surface area contributed by atoms with E-state index in [1.807, 2.05) is 0 Å². The minimum absolute atomic E-state index is 0.115. The molecule has 0 unspecified atom stereocenters. The van der Waals surface area contributed by atoms with Crippen LogP contribution in [-0.4, -0.2) is 27.7 Å². The summed E-state index contributed by atoms with van der Waals surface area (Å²) in [4.78, 5) is 22.3. The third-order valence-corrected chi connectivity index (χ3v) is 2.85. The molecule has 1 amide bonds. The number of hydrogen-bond acceptors (Lipinski definition) is 5. The van der Waals surface area contributed by atoms with E-state index in [0.717, 1.165) is 5.56 Å². The molecule has 1 heterocycles. The summed E-state index contributed by atoms with van der Waals surface area (Å²) >= 11 is 0. The Morgan fingerprint density at radius 3 is 2.86 bits per heavy atom. The fourth-order valence-electron chi connectivity index (χ4n) is 1.82. The molecule has 2 rings (SSSR count). The van der Waals surface area contributed by atoms with Gasteiger partial charge in [0.1, 0.15) is 0 Å². The largest absolute Gasteiger partial charge is 0.490 e. The zero-order valence-corrected chi connectivity index (χ0v) is 11.6. The number of nitrogens with zero attached hydrogens (tertiary/aromatic N) is 3. The number of aromatic nitrogens is 2. The van der Waals surface area contributed by atoms with E-state index in [1.165, 1.54) is 25.3 Å². The molecule has 0 aliphatic rings. The van der Waals surface area contributed by atoms with E-state index in [9.17, 15) is 14.9 Å². The number of carbonyl (C=O) groups excluding carboxylic acids is 1. The Bertz CT molecular complexity index is 681. The number of hydrogen-bond donors (Lipinski definition) is 1. The summed E-state index contributed by atoms with van der Waals surface area (Å²) < 4.78 is 6.51. The molecule has 0 radical (unpaired) electrons. The Morgan fingerprint density at radius 1 is 1.52 bits per heavy atom. The fourth-order valence-corrected chi connectivity index (χ4v) is 1.82. The monoisotopic (exact) mass is 290 g/mol. The van der Waals surface area contributed by atoms with Crippen molar-refractivity contribution in [3.8, 4) is 5.75 Å². The summed E-state index contributed by atoms with van der Waals surface area (Å²) in [6.07, 6.45) is 3.41. The lowest BCUT2D eigenvalue weighted by molar-refractivity contribution is -0.385. The summed E-state index contributed by atoms with van der Waals surface area (Å²) in [5.74, 6) is -0.284. The van der Waals surface area contributed by atoms with Crippen molar-refractivity contribution in [1.82, 2.24) is 15.1 Å². The van der Waals surface area contributed by atoms with Crippen LogP contribution >= 0.6 is 0 Å². The van der Waals surface area contributed by atoms with E-state index in [1.54, 1.807) is 24.1 Å². The van der Waals surface area contributed by atoms with E-state index in [2.05, 4.69) is 10.4 Å². The molecule has 1 N–H and O–H groups in total. The quantitative estimate of drug-likeness (QED) is 0.660. The van der Waals surface area contributed by atoms with Gasteiger partial charge in [-0.2, -0.15) is 5.10 Å². The number of benzene rings is 1. The molecule has 0 aliphatic carbocycles. The molecule has 110 valence electrons. The highest BCUT2D eigenvalue weighted by molar-refractivity contribution is 5.95. The Hall–Kier alpha value is -2.90. The van der Waals surface area contributed by atoms with Gasteiger partial charge in [0, 0.05) is 37.0 Å². The van der Waals surface area contributed by atoms with Crippen LogP contribution in [0.1, 0.15) is 15.9 Å². The maximum absolute atomic E-state index is 12.0. The van der Waals surface area contributed by atoms with E-state index in [-0.39, 0.29) is 17.0 Å². The summed E-state index contributed by atoms with van der Waals surface area (Å²) in [7, 11) is 3.11. The summed E-state index contributed by atoms with van der Waals surface area (Å²) in [5.41, 5.74) is 0.798. The van der Waals surface area contributed by atoms with Crippen molar-refractivity contribution < 1.29 is 14.5 Å². The minimum atomic E-state index is -0.587. The first-order chi connectivity index (χ1) is 10.0. The molecule has 21 heavy (non-hydrogen) atoms. The van der Waals surface area contributed by atoms with E-state index < -0.39 is 10.8 Å². The molecule has 0 atom stereocenters. The van der Waals surface area contributed by atoms with Gasteiger partial charge in [-0.3, -0.25) is 19.6 Å². The van der Waals surface area contributed by atoms with Crippen molar-refractivity contribution in [3.63, 3.8) is 0 Å². The van der Waals surface area contributed by atoms with Gasteiger partial charge in [-0.25, -0.2) is 0 Å². The zero-order valence-electron chi connectivity index (χ0n) is 11.6. The normalized spacial score (nSPS) is 10.2. The number of nitro benzene ring substituents is 1. The van der Waals surface area contributed by atoms with Gasteiger partial charge in [0.2, 0.25) is 0 Å². The number of ether oxygens (including phenoxy) is 1. The Labute approximate surface area is 120 Å². The van der Waals surface area contributed by atoms with Crippen LogP contribution in [0.25, 0.3) is 0 Å². The maximum atomic E-state index is 12.0. The van der Waals surface area contributed by atoms with Crippen molar-refractivity contribution in [2.24, 2.45) is 7.05 Å². The maximum Gasteiger partial charge on any atom is 0.311 e. The molecular formula is C13H14N4O4. The van der Waals surface area contributed by atoms with Gasteiger partial charge >= 0.3 is 5.69 Å². The minimum Gasteiger partial charge on any atom is -0.490 e. The second-order valence-electron chi connectivity index (χ2n) is 4.35.